The number of fused-ring (bicyclic) bond motifs is 1. The van der Waals surface area contributed by atoms with E-state index in [-0.39, 0.29) is 0 Å². The van der Waals surface area contributed by atoms with Crippen LogP contribution in [0.1, 0.15) is 11.1 Å². The van der Waals surface area contributed by atoms with Crippen LogP contribution in [0.3, 0.4) is 0 Å². The molecule has 1 aromatic rings. The quantitative estimate of drug-likeness (QED) is 0.548. The molecule has 2 nitrogen and oxygen atoms in total. The summed E-state index contributed by atoms with van der Waals surface area (Å²) in [5.41, 5.74) is 10.5. The summed E-state index contributed by atoms with van der Waals surface area (Å²) < 4.78 is 0. The fourth-order valence-electron chi connectivity index (χ4n) is 1.56. The van der Waals surface area contributed by atoms with E-state index in [1.165, 1.54) is 16.8 Å². The highest BCUT2D eigenvalue weighted by Gasteiger charge is 2.12. The smallest absolute Gasteiger partial charge is 0.0423 e. The van der Waals surface area contributed by atoms with Gasteiger partial charge in [0, 0.05) is 17.9 Å². The van der Waals surface area contributed by atoms with Gasteiger partial charge in [-0.2, -0.15) is 0 Å². The van der Waals surface area contributed by atoms with Crippen LogP contribution >= 0.6 is 0 Å². The van der Waals surface area contributed by atoms with Gasteiger partial charge in [-0.1, -0.05) is 6.07 Å². The van der Waals surface area contributed by atoms with Gasteiger partial charge in [-0.05, 0) is 30.5 Å². The first-order valence-electron chi connectivity index (χ1n) is 3.91. The molecule has 11 heavy (non-hydrogen) atoms. The highest BCUT2D eigenvalue weighted by molar-refractivity contribution is 5.69. The first kappa shape index (κ1) is 6.53. The van der Waals surface area contributed by atoms with E-state index in [1.807, 2.05) is 6.07 Å². The molecule has 3 N–H and O–H groups in total. The van der Waals surface area contributed by atoms with Crippen LogP contribution in [0.4, 0.5) is 11.4 Å². The maximum atomic E-state index is 5.75. The Balaban J connectivity index is 2.62. The fourth-order valence-corrected chi connectivity index (χ4v) is 1.56. The van der Waals surface area contributed by atoms with E-state index in [1.54, 1.807) is 0 Å². The van der Waals surface area contributed by atoms with Gasteiger partial charge in [-0.3, -0.25) is 0 Å². The lowest BCUT2D eigenvalue weighted by molar-refractivity contribution is 1.11. The molecule has 0 aromatic heterocycles. The number of rotatable bonds is 0. The molecular weight excluding hydrogens is 136 g/mol. The molecule has 0 atom stereocenters. The van der Waals surface area contributed by atoms with Crippen molar-refractivity contribution in [3.8, 4) is 0 Å². The van der Waals surface area contributed by atoms with Gasteiger partial charge < -0.3 is 11.1 Å². The molecule has 0 bridgehead atoms. The van der Waals surface area contributed by atoms with Crippen LogP contribution in [0.25, 0.3) is 0 Å². The number of nitrogens with two attached hydrogens (primary N) is 1. The molecular formula is C9H12N2. The van der Waals surface area contributed by atoms with Crippen LogP contribution in [-0.2, 0) is 6.42 Å². The molecule has 58 valence electrons. The van der Waals surface area contributed by atoms with Gasteiger partial charge in [0.15, 0.2) is 0 Å². The minimum absolute atomic E-state index is 0.887. The second-order valence-corrected chi connectivity index (χ2v) is 2.99. The second-order valence-electron chi connectivity index (χ2n) is 2.99. The zero-order valence-electron chi connectivity index (χ0n) is 6.65. The van der Waals surface area contributed by atoms with E-state index in [4.69, 9.17) is 5.73 Å². The van der Waals surface area contributed by atoms with Gasteiger partial charge in [0.2, 0.25) is 0 Å². The predicted molar refractivity (Wildman–Crippen MR) is 47.8 cm³/mol. The van der Waals surface area contributed by atoms with Crippen molar-refractivity contribution in [2.45, 2.75) is 13.3 Å². The van der Waals surface area contributed by atoms with Crippen LogP contribution in [0.15, 0.2) is 12.1 Å². The summed E-state index contributed by atoms with van der Waals surface area (Å²) in [6.07, 6.45) is 1.14. The van der Waals surface area contributed by atoms with Crippen molar-refractivity contribution in [3.05, 3.63) is 23.3 Å². The molecule has 0 saturated heterocycles. The minimum Gasteiger partial charge on any atom is -0.398 e. The number of nitrogens with one attached hydrogen (secondary N) is 1. The highest BCUT2D eigenvalue weighted by atomic mass is 14.9. The zero-order valence-corrected chi connectivity index (χ0v) is 6.65. The topological polar surface area (TPSA) is 38.0 Å². The summed E-state index contributed by atoms with van der Waals surface area (Å²) in [6, 6.07) is 4.10. The lowest BCUT2D eigenvalue weighted by atomic mass is 10.1. The first-order valence-corrected chi connectivity index (χ1v) is 3.91. The van der Waals surface area contributed by atoms with Crippen LogP contribution < -0.4 is 11.1 Å². The maximum Gasteiger partial charge on any atom is 0.0423 e. The molecule has 2 heteroatoms. The monoisotopic (exact) mass is 148 g/mol. The number of hydrogen-bond donors (Lipinski definition) is 2. The molecule has 0 saturated carbocycles. The Morgan fingerprint density at radius 1 is 1.45 bits per heavy atom. The van der Waals surface area contributed by atoms with Gasteiger partial charge >= 0.3 is 0 Å². The third-order valence-electron chi connectivity index (χ3n) is 2.29. The van der Waals surface area contributed by atoms with E-state index in [0.717, 1.165) is 18.7 Å². The van der Waals surface area contributed by atoms with E-state index < -0.39 is 0 Å². The molecule has 0 unspecified atom stereocenters. The van der Waals surface area contributed by atoms with Crippen molar-refractivity contribution >= 4 is 11.4 Å². The van der Waals surface area contributed by atoms with Crippen LogP contribution in [0.5, 0.6) is 0 Å². The summed E-state index contributed by atoms with van der Waals surface area (Å²) in [5, 5.41) is 3.33. The number of anilines is 2. The Bertz CT molecular complexity index is 292. The highest BCUT2D eigenvalue weighted by Crippen LogP contribution is 2.29. The maximum absolute atomic E-state index is 5.75. The van der Waals surface area contributed by atoms with Gasteiger partial charge in [0.05, 0.1) is 0 Å². The summed E-state index contributed by atoms with van der Waals surface area (Å²) >= 11 is 0. The van der Waals surface area contributed by atoms with Crippen LogP contribution in [0.2, 0.25) is 0 Å². The minimum atomic E-state index is 0.887. The average molecular weight is 148 g/mol. The Hall–Kier alpha value is -1.18. The van der Waals surface area contributed by atoms with E-state index in [0.29, 0.717) is 0 Å². The first-order chi connectivity index (χ1) is 5.29. The summed E-state index contributed by atoms with van der Waals surface area (Å²) in [5.74, 6) is 0. The standard InChI is InChI=1S/C9H12N2/c1-6-8(10)3-2-7-4-5-11-9(6)7/h2-3,11H,4-5,10H2,1H3. The predicted octanol–water partition coefficient (Wildman–Crippen LogP) is 1.55. The van der Waals surface area contributed by atoms with Crippen LogP contribution in [-0.4, -0.2) is 6.54 Å². The van der Waals surface area contributed by atoms with Crippen LogP contribution in [0, 0.1) is 6.92 Å². The van der Waals surface area contributed by atoms with Gasteiger partial charge in [0.25, 0.3) is 0 Å². The number of nitrogen functional groups attached to an aromatic ring is 1. The summed E-state index contributed by atoms with van der Waals surface area (Å²) in [4.78, 5) is 0. The van der Waals surface area contributed by atoms with E-state index in [2.05, 4.69) is 18.3 Å². The van der Waals surface area contributed by atoms with E-state index >= 15 is 0 Å². The third kappa shape index (κ3) is 0.862. The van der Waals surface area contributed by atoms with Crippen molar-refractivity contribution in [3.63, 3.8) is 0 Å². The average Bonchev–Trinajstić information content (AvgIpc) is 2.45. The van der Waals surface area contributed by atoms with Crippen molar-refractivity contribution in [1.82, 2.24) is 0 Å². The van der Waals surface area contributed by atoms with Gasteiger partial charge in [-0.25, -0.2) is 0 Å². The number of hydrogen-bond acceptors (Lipinski definition) is 2. The molecule has 0 radical (unpaired) electrons. The molecule has 2 rings (SSSR count). The van der Waals surface area contributed by atoms with E-state index in [9.17, 15) is 0 Å². The molecule has 1 heterocycles. The van der Waals surface area contributed by atoms with Crippen molar-refractivity contribution < 1.29 is 0 Å². The second kappa shape index (κ2) is 2.16. The molecule has 0 fully saturated rings. The third-order valence-corrected chi connectivity index (χ3v) is 2.29. The van der Waals surface area contributed by atoms with Crippen molar-refractivity contribution in [2.24, 2.45) is 0 Å². The lowest BCUT2D eigenvalue weighted by Gasteiger charge is -2.06. The normalized spacial score (nSPS) is 14.3. The molecule has 1 aromatic carbocycles. The Labute approximate surface area is 66.4 Å². The SMILES string of the molecule is Cc1c(N)ccc2c1NCC2. The van der Waals surface area contributed by atoms with Gasteiger partial charge in [0.1, 0.15) is 0 Å². The molecule has 1 aliphatic heterocycles. The molecule has 0 spiro atoms. The molecule has 0 amide bonds. The summed E-state index contributed by atoms with van der Waals surface area (Å²) in [6.45, 7) is 3.12. The lowest BCUT2D eigenvalue weighted by Crippen LogP contribution is -1.96. The largest absolute Gasteiger partial charge is 0.398 e. The van der Waals surface area contributed by atoms with Crippen molar-refractivity contribution in [2.75, 3.05) is 17.6 Å². The Morgan fingerprint density at radius 2 is 2.27 bits per heavy atom. The van der Waals surface area contributed by atoms with Gasteiger partial charge in [-0.15, -0.1) is 0 Å². The fraction of sp³-hybridized carbons (Fsp3) is 0.333. The Kier molecular flexibility index (Phi) is 1.28. The molecule has 0 aliphatic carbocycles. The zero-order chi connectivity index (χ0) is 7.84. The molecule has 1 aliphatic rings. The van der Waals surface area contributed by atoms with Crippen molar-refractivity contribution in [1.29, 1.82) is 0 Å². The number of benzene rings is 1. The summed E-state index contributed by atoms with van der Waals surface area (Å²) in [7, 11) is 0. The Morgan fingerprint density at radius 3 is 3.09 bits per heavy atom.